The smallest absolute Gasteiger partial charge is 0.293 e. The van der Waals surface area contributed by atoms with Crippen molar-refractivity contribution in [3.63, 3.8) is 0 Å². The van der Waals surface area contributed by atoms with Crippen molar-refractivity contribution in [2.75, 3.05) is 19.8 Å². The van der Waals surface area contributed by atoms with E-state index >= 15 is 0 Å². The molecule has 1 rings (SSSR count). The molecule has 104 valence electrons. The second-order valence-corrected chi connectivity index (χ2v) is 4.70. The van der Waals surface area contributed by atoms with Gasteiger partial charge >= 0.3 is 0 Å². The minimum absolute atomic E-state index is 0.272. The number of hydroxylamine groups is 1. The highest BCUT2D eigenvalue weighted by atomic mass is 16.7. The summed E-state index contributed by atoms with van der Waals surface area (Å²) in [5.41, 5.74) is 2.89. The van der Waals surface area contributed by atoms with Gasteiger partial charge in [-0.25, -0.2) is 5.48 Å². The standard InChI is InChI=1S/C13H23NO4/c1-2-13(16)12-5-3-11(4-6-12)9-14-18-8-7-17-10-15/h10-12,14H,2-9H2,1H3. The van der Waals surface area contributed by atoms with Crippen LogP contribution in [0.3, 0.4) is 0 Å². The van der Waals surface area contributed by atoms with Crippen molar-refractivity contribution in [1.29, 1.82) is 0 Å². The Morgan fingerprint density at radius 3 is 2.61 bits per heavy atom. The number of carbonyl (C=O) groups excluding carboxylic acids is 2. The van der Waals surface area contributed by atoms with Gasteiger partial charge in [0, 0.05) is 18.9 Å². The van der Waals surface area contributed by atoms with Gasteiger partial charge in [0.15, 0.2) is 0 Å². The first-order valence-corrected chi connectivity index (χ1v) is 6.70. The molecule has 0 amide bonds. The molecule has 1 saturated carbocycles. The molecule has 0 aromatic rings. The van der Waals surface area contributed by atoms with Gasteiger partial charge in [0.2, 0.25) is 0 Å². The summed E-state index contributed by atoms with van der Waals surface area (Å²) in [4.78, 5) is 26.6. The molecule has 0 aromatic heterocycles. The number of carbonyl (C=O) groups is 2. The Kier molecular flexibility index (Phi) is 7.60. The van der Waals surface area contributed by atoms with E-state index in [9.17, 15) is 9.59 Å². The van der Waals surface area contributed by atoms with E-state index in [1.54, 1.807) is 0 Å². The Morgan fingerprint density at radius 2 is 2.00 bits per heavy atom. The molecular formula is C13H23NO4. The molecule has 0 aromatic carbocycles. The van der Waals surface area contributed by atoms with Crippen LogP contribution in [-0.2, 0) is 19.2 Å². The lowest BCUT2D eigenvalue weighted by molar-refractivity contribution is -0.131. The average Bonchev–Trinajstić information content (AvgIpc) is 2.42. The highest BCUT2D eigenvalue weighted by molar-refractivity contribution is 5.80. The van der Waals surface area contributed by atoms with Gasteiger partial charge in [-0.05, 0) is 31.6 Å². The molecule has 0 spiro atoms. The van der Waals surface area contributed by atoms with Crippen molar-refractivity contribution >= 4 is 12.3 Å². The van der Waals surface area contributed by atoms with Gasteiger partial charge in [-0.3, -0.25) is 14.4 Å². The van der Waals surface area contributed by atoms with E-state index in [0.29, 0.717) is 31.2 Å². The lowest BCUT2D eigenvalue weighted by Gasteiger charge is -2.27. The zero-order chi connectivity index (χ0) is 13.2. The predicted octanol–water partition coefficient (Wildman–Crippen LogP) is 1.47. The molecular weight excluding hydrogens is 234 g/mol. The van der Waals surface area contributed by atoms with E-state index in [4.69, 9.17) is 4.84 Å². The van der Waals surface area contributed by atoms with Crippen LogP contribution >= 0.6 is 0 Å². The monoisotopic (exact) mass is 257 g/mol. The van der Waals surface area contributed by atoms with Gasteiger partial charge in [0.25, 0.3) is 6.47 Å². The molecule has 0 atom stereocenters. The molecule has 0 radical (unpaired) electrons. The molecule has 0 heterocycles. The summed E-state index contributed by atoms with van der Waals surface area (Å²) in [7, 11) is 0. The van der Waals surface area contributed by atoms with Crippen LogP contribution in [0.2, 0.25) is 0 Å². The Balaban J connectivity index is 2.02. The topological polar surface area (TPSA) is 64.6 Å². The van der Waals surface area contributed by atoms with E-state index in [0.717, 1.165) is 32.2 Å². The Hall–Kier alpha value is -0.940. The second-order valence-electron chi connectivity index (χ2n) is 4.70. The summed E-state index contributed by atoms with van der Waals surface area (Å²) < 4.78 is 4.50. The maximum absolute atomic E-state index is 11.6. The molecule has 0 bridgehead atoms. The van der Waals surface area contributed by atoms with Crippen LogP contribution in [0.1, 0.15) is 39.0 Å². The van der Waals surface area contributed by atoms with Gasteiger partial charge in [-0.1, -0.05) is 6.92 Å². The van der Waals surface area contributed by atoms with Crippen LogP contribution in [-0.4, -0.2) is 32.0 Å². The number of nitrogens with one attached hydrogen (secondary N) is 1. The van der Waals surface area contributed by atoms with Crippen molar-refractivity contribution in [3.8, 4) is 0 Å². The van der Waals surface area contributed by atoms with Crippen LogP contribution in [0.4, 0.5) is 0 Å². The summed E-state index contributed by atoms with van der Waals surface area (Å²) in [6.45, 7) is 3.78. The number of hydrogen-bond donors (Lipinski definition) is 1. The Morgan fingerprint density at radius 1 is 1.28 bits per heavy atom. The first kappa shape index (κ1) is 15.1. The molecule has 1 aliphatic rings. The van der Waals surface area contributed by atoms with Crippen LogP contribution in [0.5, 0.6) is 0 Å². The summed E-state index contributed by atoms with van der Waals surface area (Å²) in [5.74, 6) is 1.27. The Labute approximate surface area is 108 Å². The van der Waals surface area contributed by atoms with E-state index < -0.39 is 0 Å². The van der Waals surface area contributed by atoms with E-state index in [1.165, 1.54) is 0 Å². The molecule has 0 aliphatic heterocycles. The zero-order valence-electron chi connectivity index (χ0n) is 11.0. The number of rotatable bonds is 9. The summed E-state index contributed by atoms with van der Waals surface area (Å²) in [6.07, 6.45) is 4.84. The molecule has 5 nitrogen and oxygen atoms in total. The van der Waals surface area contributed by atoms with Crippen LogP contribution in [0, 0.1) is 11.8 Å². The fraction of sp³-hybridized carbons (Fsp3) is 0.846. The lowest BCUT2D eigenvalue weighted by Crippen LogP contribution is -2.29. The van der Waals surface area contributed by atoms with E-state index in [2.05, 4.69) is 10.2 Å². The van der Waals surface area contributed by atoms with Gasteiger partial charge < -0.3 is 4.74 Å². The first-order chi connectivity index (χ1) is 8.77. The SMILES string of the molecule is CCC(=O)C1CCC(CNOCCOC=O)CC1. The Bertz CT molecular complexity index is 249. The van der Waals surface area contributed by atoms with Crippen LogP contribution < -0.4 is 5.48 Å². The van der Waals surface area contributed by atoms with Crippen LogP contribution in [0.15, 0.2) is 0 Å². The highest BCUT2D eigenvalue weighted by Crippen LogP contribution is 2.29. The maximum Gasteiger partial charge on any atom is 0.293 e. The third kappa shape index (κ3) is 5.60. The molecule has 1 N–H and O–H groups in total. The van der Waals surface area contributed by atoms with E-state index in [1.807, 2.05) is 6.92 Å². The van der Waals surface area contributed by atoms with Crippen molar-refractivity contribution in [2.45, 2.75) is 39.0 Å². The van der Waals surface area contributed by atoms with Gasteiger partial charge in [0.05, 0.1) is 0 Å². The first-order valence-electron chi connectivity index (χ1n) is 6.70. The van der Waals surface area contributed by atoms with E-state index in [-0.39, 0.29) is 12.5 Å². The predicted molar refractivity (Wildman–Crippen MR) is 66.7 cm³/mol. The summed E-state index contributed by atoms with van der Waals surface area (Å²) in [5, 5.41) is 0. The zero-order valence-corrected chi connectivity index (χ0v) is 11.0. The molecule has 0 unspecified atom stereocenters. The highest BCUT2D eigenvalue weighted by Gasteiger charge is 2.24. The fourth-order valence-electron chi connectivity index (χ4n) is 2.36. The van der Waals surface area contributed by atoms with Gasteiger partial charge in [-0.15, -0.1) is 0 Å². The third-order valence-electron chi connectivity index (χ3n) is 3.50. The minimum atomic E-state index is 0.272. The molecule has 5 heteroatoms. The van der Waals surface area contributed by atoms with Crippen LogP contribution in [0.25, 0.3) is 0 Å². The second kappa shape index (κ2) is 9.05. The molecule has 1 aliphatic carbocycles. The lowest BCUT2D eigenvalue weighted by atomic mass is 9.79. The maximum atomic E-state index is 11.6. The van der Waals surface area contributed by atoms with Crippen molar-refractivity contribution < 1.29 is 19.2 Å². The van der Waals surface area contributed by atoms with Crippen molar-refractivity contribution in [1.82, 2.24) is 5.48 Å². The largest absolute Gasteiger partial charge is 0.465 e. The van der Waals surface area contributed by atoms with Gasteiger partial charge in [-0.2, -0.15) is 0 Å². The number of hydrogen-bond acceptors (Lipinski definition) is 5. The minimum Gasteiger partial charge on any atom is -0.465 e. The van der Waals surface area contributed by atoms with Crippen molar-refractivity contribution in [3.05, 3.63) is 0 Å². The number of Topliss-reactive ketones (excluding diaryl/α,β-unsaturated/α-hetero) is 1. The summed E-state index contributed by atoms with van der Waals surface area (Å²) in [6, 6.07) is 0. The molecule has 18 heavy (non-hydrogen) atoms. The quantitative estimate of drug-likeness (QED) is 0.385. The third-order valence-corrected chi connectivity index (χ3v) is 3.50. The number of ketones is 1. The summed E-state index contributed by atoms with van der Waals surface area (Å²) >= 11 is 0. The normalized spacial score (nSPS) is 23.6. The fourth-order valence-corrected chi connectivity index (χ4v) is 2.36. The average molecular weight is 257 g/mol. The molecule has 1 fully saturated rings. The molecule has 0 saturated heterocycles. The van der Waals surface area contributed by atoms with Gasteiger partial charge in [0.1, 0.15) is 19.0 Å². The van der Waals surface area contributed by atoms with Crippen molar-refractivity contribution in [2.24, 2.45) is 11.8 Å². The number of ether oxygens (including phenoxy) is 1.